The highest BCUT2D eigenvalue weighted by Crippen LogP contribution is 2.34. The van der Waals surface area contributed by atoms with Crippen molar-refractivity contribution in [2.75, 3.05) is 13.2 Å². The first kappa shape index (κ1) is 9.73. The van der Waals surface area contributed by atoms with Gasteiger partial charge in [-0.15, -0.1) is 0 Å². The second-order valence-electron chi connectivity index (χ2n) is 3.89. The van der Waals surface area contributed by atoms with E-state index in [1.54, 1.807) is 0 Å². The van der Waals surface area contributed by atoms with Crippen LogP contribution in [0, 0.1) is 5.21 Å². The minimum Gasteiger partial charge on any atom is -0.417 e. The van der Waals surface area contributed by atoms with Crippen LogP contribution in [0.5, 0.6) is 0 Å². The van der Waals surface area contributed by atoms with Gasteiger partial charge in [-0.05, 0) is 12.8 Å². The van der Waals surface area contributed by atoms with E-state index in [9.17, 15) is 5.21 Å². The summed E-state index contributed by atoms with van der Waals surface area (Å²) >= 11 is 0. The van der Waals surface area contributed by atoms with Gasteiger partial charge in [-0.3, -0.25) is 5.21 Å². The molecule has 80 valence electrons. The molecule has 0 bridgehead atoms. The van der Waals surface area contributed by atoms with Gasteiger partial charge in [0.15, 0.2) is 5.79 Å². The molecule has 0 amide bonds. The van der Waals surface area contributed by atoms with Crippen LogP contribution in [-0.2, 0) is 9.47 Å². The highest BCUT2D eigenvalue weighted by molar-refractivity contribution is 5.82. The normalized spacial score (nSPS) is 26.4. The monoisotopic (exact) mass is 201 g/mol. The molecule has 2 rings (SSSR count). The first-order chi connectivity index (χ1) is 6.72. The Balaban J connectivity index is 1.97. The molecule has 1 saturated carbocycles. The third-order valence-electron chi connectivity index (χ3n) is 2.89. The average molecular weight is 201 g/mol. The fourth-order valence-electron chi connectivity index (χ4n) is 2.00. The first-order valence-electron chi connectivity index (χ1n) is 5.01. The van der Waals surface area contributed by atoms with E-state index in [1.165, 1.54) is 6.42 Å². The van der Waals surface area contributed by atoms with Crippen molar-refractivity contribution in [3.8, 4) is 0 Å². The molecule has 2 aliphatic rings. The maximum Gasteiger partial charge on any atom is 0.272 e. The Kier molecular flexibility index (Phi) is 2.60. The Hall–Kier alpha value is -0.810. The van der Waals surface area contributed by atoms with Gasteiger partial charge >= 0.3 is 0 Å². The number of hydrogen-bond acceptors (Lipinski definition) is 4. The number of nitrogens with zero attached hydrogens (tertiary/aromatic N) is 1. The van der Waals surface area contributed by atoms with Crippen molar-refractivity contribution >= 4 is 5.71 Å². The Morgan fingerprint density at radius 2 is 1.71 bits per heavy atom. The second-order valence-corrected chi connectivity index (χ2v) is 3.89. The lowest BCUT2D eigenvalue weighted by Gasteiger charge is -2.38. The van der Waals surface area contributed by atoms with Crippen LogP contribution in [0.25, 0.3) is 0 Å². The minimum atomic E-state index is -0.474. The van der Waals surface area contributed by atoms with Crippen LogP contribution in [0.2, 0.25) is 0 Å². The van der Waals surface area contributed by atoms with Gasteiger partial charge in [0.05, 0.1) is 0 Å². The van der Waals surface area contributed by atoms with Gasteiger partial charge in [0.25, 0.3) is 5.71 Å². The van der Waals surface area contributed by atoms with Crippen molar-refractivity contribution < 1.29 is 19.6 Å². The van der Waals surface area contributed by atoms with E-state index in [1.807, 2.05) is 0 Å². The number of rotatable bonds is 0. The molecule has 0 aromatic rings. The maximum atomic E-state index is 10.5. The molecule has 5 heteroatoms. The predicted molar refractivity (Wildman–Crippen MR) is 48.1 cm³/mol. The van der Waals surface area contributed by atoms with E-state index in [-0.39, 0.29) is 23.8 Å². The molecule has 1 N–H and O–H groups in total. The Bertz CT molecular complexity index is 229. The summed E-state index contributed by atoms with van der Waals surface area (Å²) in [4.78, 5) is -0.157. The molecule has 0 aromatic heterocycles. The van der Waals surface area contributed by atoms with Crippen LogP contribution >= 0.6 is 0 Å². The Labute approximate surface area is 82.5 Å². The lowest BCUT2D eigenvalue weighted by molar-refractivity contribution is -0.728. The van der Waals surface area contributed by atoms with E-state index in [0.717, 1.165) is 25.7 Å². The summed E-state index contributed by atoms with van der Waals surface area (Å²) in [6.07, 6.45) is 5.22. The van der Waals surface area contributed by atoms with Crippen LogP contribution in [0.3, 0.4) is 0 Å². The van der Waals surface area contributed by atoms with Crippen LogP contribution in [0.15, 0.2) is 0 Å². The molecular weight excluding hydrogens is 186 g/mol. The van der Waals surface area contributed by atoms with E-state index in [4.69, 9.17) is 14.7 Å². The SMILES string of the molecule is [O-][N+](O)=C1COC2(CCCCC2)OC1. The van der Waals surface area contributed by atoms with Gasteiger partial charge in [0.2, 0.25) is 0 Å². The van der Waals surface area contributed by atoms with Gasteiger partial charge in [-0.25, -0.2) is 0 Å². The van der Waals surface area contributed by atoms with Crippen LogP contribution in [0.1, 0.15) is 32.1 Å². The van der Waals surface area contributed by atoms with Crippen molar-refractivity contribution in [2.24, 2.45) is 0 Å². The quantitative estimate of drug-likeness (QED) is 0.361. The van der Waals surface area contributed by atoms with E-state index in [2.05, 4.69) is 0 Å². The lowest BCUT2D eigenvalue weighted by Crippen LogP contribution is -2.47. The molecule has 1 saturated heterocycles. The second kappa shape index (κ2) is 3.74. The van der Waals surface area contributed by atoms with E-state index in [0.29, 0.717) is 0 Å². The van der Waals surface area contributed by atoms with Gasteiger partial charge in [0, 0.05) is 17.7 Å². The van der Waals surface area contributed by atoms with Crippen LogP contribution in [-0.4, -0.2) is 34.8 Å². The summed E-state index contributed by atoms with van der Waals surface area (Å²) in [5, 5.41) is 19.2. The Morgan fingerprint density at radius 1 is 1.14 bits per heavy atom. The zero-order chi connectivity index (χ0) is 10.0. The fourth-order valence-corrected chi connectivity index (χ4v) is 2.00. The first-order valence-corrected chi connectivity index (χ1v) is 5.01. The van der Waals surface area contributed by atoms with Gasteiger partial charge in [-0.2, -0.15) is 0 Å². The molecule has 1 aliphatic carbocycles. The molecule has 0 atom stereocenters. The van der Waals surface area contributed by atoms with E-state index < -0.39 is 5.79 Å². The summed E-state index contributed by atoms with van der Waals surface area (Å²) in [6.45, 7) is 0.361. The predicted octanol–water partition coefficient (Wildman–Crippen LogP) is 1.03. The van der Waals surface area contributed by atoms with Crippen LogP contribution in [0.4, 0.5) is 0 Å². The number of hydrogen-bond donors (Lipinski definition) is 1. The van der Waals surface area contributed by atoms with Gasteiger partial charge in [0.1, 0.15) is 13.2 Å². The topological polar surface area (TPSA) is 64.8 Å². The van der Waals surface area contributed by atoms with E-state index >= 15 is 0 Å². The number of ether oxygens (including phenoxy) is 2. The van der Waals surface area contributed by atoms with Crippen LogP contribution < -0.4 is 0 Å². The summed E-state index contributed by atoms with van der Waals surface area (Å²) in [5.41, 5.74) is 0.237. The van der Waals surface area contributed by atoms with Gasteiger partial charge < -0.3 is 14.7 Å². The molecule has 0 aromatic carbocycles. The third kappa shape index (κ3) is 1.83. The molecule has 0 unspecified atom stereocenters. The molecular formula is C9H15NO4. The summed E-state index contributed by atoms with van der Waals surface area (Å²) in [6, 6.07) is 0. The van der Waals surface area contributed by atoms with Crippen molar-refractivity contribution in [1.29, 1.82) is 0 Å². The molecule has 5 nitrogen and oxygen atoms in total. The zero-order valence-corrected chi connectivity index (χ0v) is 8.07. The fraction of sp³-hybridized carbons (Fsp3) is 0.889. The maximum absolute atomic E-state index is 10.5. The van der Waals surface area contributed by atoms with Crippen molar-refractivity contribution in [2.45, 2.75) is 37.9 Å². The summed E-state index contributed by atoms with van der Waals surface area (Å²) in [7, 11) is 0. The van der Waals surface area contributed by atoms with Gasteiger partial charge in [-0.1, -0.05) is 6.42 Å². The van der Waals surface area contributed by atoms with Crippen molar-refractivity contribution in [3.63, 3.8) is 0 Å². The largest absolute Gasteiger partial charge is 0.417 e. The molecule has 1 spiro atoms. The Morgan fingerprint density at radius 3 is 2.21 bits per heavy atom. The average Bonchev–Trinajstić information content (AvgIpc) is 2.19. The summed E-state index contributed by atoms with van der Waals surface area (Å²) in [5.74, 6) is -0.474. The third-order valence-corrected chi connectivity index (χ3v) is 2.89. The molecule has 1 heterocycles. The van der Waals surface area contributed by atoms with Crippen molar-refractivity contribution in [1.82, 2.24) is 0 Å². The zero-order valence-electron chi connectivity index (χ0n) is 8.07. The molecule has 0 radical (unpaired) electrons. The minimum absolute atomic E-state index is 0.157. The standard InChI is InChI=1S/C9H15NO4/c11-10(12)8-6-13-9(14-7-8)4-2-1-3-5-9/h1-7H2,(H,11,12). The summed E-state index contributed by atoms with van der Waals surface area (Å²) < 4.78 is 11.0. The highest BCUT2D eigenvalue weighted by atomic mass is 16.8. The molecule has 1 aliphatic heterocycles. The van der Waals surface area contributed by atoms with Crippen molar-refractivity contribution in [3.05, 3.63) is 5.21 Å². The highest BCUT2D eigenvalue weighted by Gasteiger charge is 2.39. The molecule has 14 heavy (non-hydrogen) atoms. The lowest BCUT2D eigenvalue weighted by atomic mass is 9.93. The smallest absolute Gasteiger partial charge is 0.272 e. The molecule has 2 fully saturated rings.